The molecular formula is C19H16N6. The molecule has 3 aromatic heterocycles. The summed E-state index contributed by atoms with van der Waals surface area (Å²) in [5.41, 5.74) is 12.0. The molecule has 0 saturated carbocycles. The second-order valence-corrected chi connectivity index (χ2v) is 5.91. The quantitative estimate of drug-likeness (QED) is 0.607. The highest BCUT2D eigenvalue weighted by Crippen LogP contribution is 2.31. The van der Waals surface area contributed by atoms with E-state index in [1.807, 2.05) is 43.5 Å². The minimum Gasteiger partial charge on any atom is -0.366 e. The van der Waals surface area contributed by atoms with Crippen LogP contribution in [0.2, 0.25) is 0 Å². The Morgan fingerprint density at radius 2 is 1.60 bits per heavy atom. The van der Waals surface area contributed by atoms with Crippen LogP contribution in [0.1, 0.15) is 11.3 Å². The van der Waals surface area contributed by atoms with Gasteiger partial charge < -0.3 is 5.73 Å². The summed E-state index contributed by atoms with van der Waals surface area (Å²) in [5.74, 6) is 0.145. The van der Waals surface area contributed by atoms with E-state index < -0.39 is 0 Å². The summed E-state index contributed by atoms with van der Waals surface area (Å²) in [5, 5.41) is 9.34. The van der Waals surface area contributed by atoms with E-state index in [1.54, 1.807) is 6.20 Å². The lowest BCUT2D eigenvalue weighted by atomic mass is 10.0. The molecule has 6 nitrogen and oxygen atoms in total. The third-order valence-corrected chi connectivity index (χ3v) is 4.11. The van der Waals surface area contributed by atoms with Crippen LogP contribution in [0.4, 0.5) is 5.95 Å². The van der Waals surface area contributed by atoms with Gasteiger partial charge in [0.2, 0.25) is 5.95 Å². The van der Waals surface area contributed by atoms with Crippen LogP contribution in [0, 0.1) is 13.8 Å². The highest BCUT2D eigenvalue weighted by molar-refractivity contribution is 5.89. The third-order valence-electron chi connectivity index (χ3n) is 4.11. The van der Waals surface area contributed by atoms with Gasteiger partial charge in [0.1, 0.15) is 11.4 Å². The highest BCUT2D eigenvalue weighted by Gasteiger charge is 2.14. The normalized spacial score (nSPS) is 11.0. The molecule has 0 amide bonds. The Hall–Kier alpha value is -3.41. The maximum Gasteiger partial charge on any atom is 0.240 e. The van der Waals surface area contributed by atoms with E-state index in [4.69, 9.17) is 5.73 Å². The Labute approximate surface area is 144 Å². The number of hydrogen-bond donors (Lipinski definition) is 1. The zero-order chi connectivity index (χ0) is 17.4. The van der Waals surface area contributed by atoms with Crippen molar-refractivity contribution >= 4 is 16.9 Å². The molecule has 0 aliphatic heterocycles. The summed E-state index contributed by atoms with van der Waals surface area (Å²) in [7, 11) is 0. The molecule has 6 heteroatoms. The van der Waals surface area contributed by atoms with Gasteiger partial charge in [-0.2, -0.15) is 0 Å². The largest absolute Gasteiger partial charge is 0.366 e. The van der Waals surface area contributed by atoms with E-state index in [0.717, 1.165) is 33.3 Å². The van der Waals surface area contributed by atoms with E-state index in [9.17, 15) is 0 Å². The van der Waals surface area contributed by atoms with E-state index in [0.29, 0.717) is 11.4 Å². The Morgan fingerprint density at radius 3 is 2.44 bits per heavy atom. The van der Waals surface area contributed by atoms with Crippen LogP contribution in [0.5, 0.6) is 0 Å². The van der Waals surface area contributed by atoms with E-state index in [2.05, 4.69) is 38.1 Å². The number of nitrogens with two attached hydrogens (primary N) is 1. The molecule has 4 aromatic rings. The molecule has 1 aromatic carbocycles. The van der Waals surface area contributed by atoms with E-state index >= 15 is 0 Å². The second-order valence-electron chi connectivity index (χ2n) is 5.91. The molecule has 0 aliphatic carbocycles. The van der Waals surface area contributed by atoms with Crippen molar-refractivity contribution in [3.8, 4) is 22.5 Å². The average molecular weight is 328 g/mol. The van der Waals surface area contributed by atoms with Gasteiger partial charge in [0, 0.05) is 34.6 Å². The van der Waals surface area contributed by atoms with E-state index in [1.165, 1.54) is 0 Å². The van der Waals surface area contributed by atoms with Crippen molar-refractivity contribution in [2.24, 2.45) is 0 Å². The predicted octanol–water partition coefficient (Wildman–Crippen LogP) is 3.35. The molecule has 2 N–H and O–H groups in total. The number of pyridine rings is 2. The van der Waals surface area contributed by atoms with Gasteiger partial charge in [-0.1, -0.05) is 6.07 Å². The SMILES string of the molecule is Cc1cc(-c2nc(N)nnc2-c2ccc3nccc(C)c3c2)ccn1. The first-order valence-corrected chi connectivity index (χ1v) is 7.91. The van der Waals surface area contributed by atoms with Gasteiger partial charge in [-0.3, -0.25) is 9.97 Å². The number of nitrogens with zero attached hydrogens (tertiary/aromatic N) is 5. The molecule has 0 spiro atoms. The lowest BCUT2D eigenvalue weighted by molar-refractivity contribution is 0.996. The molecule has 0 bridgehead atoms. The van der Waals surface area contributed by atoms with Gasteiger partial charge in [-0.25, -0.2) is 4.98 Å². The summed E-state index contributed by atoms with van der Waals surface area (Å²) in [6.07, 6.45) is 3.56. The zero-order valence-electron chi connectivity index (χ0n) is 13.9. The van der Waals surface area contributed by atoms with Crippen LogP contribution in [0.15, 0.2) is 48.8 Å². The first-order valence-electron chi connectivity index (χ1n) is 7.91. The minimum atomic E-state index is 0.145. The van der Waals surface area contributed by atoms with Gasteiger partial charge in [-0.15, -0.1) is 10.2 Å². The minimum absolute atomic E-state index is 0.145. The molecule has 0 saturated heterocycles. The average Bonchev–Trinajstić information content (AvgIpc) is 2.62. The summed E-state index contributed by atoms with van der Waals surface area (Å²) in [4.78, 5) is 13.1. The van der Waals surface area contributed by atoms with Crippen molar-refractivity contribution < 1.29 is 0 Å². The fourth-order valence-corrected chi connectivity index (χ4v) is 2.86. The Balaban J connectivity index is 1.96. The molecule has 0 atom stereocenters. The monoisotopic (exact) mass is 328 g/mol. The van der Waals surface area contributed by atoms with Gasteiger partial charge in [-0.05, 0) is 49.7 Å². The molecule has 0 radical (unpaired) electrons. The lowest BCUT2D eigenvalue weighted by Crippen LogP contribution is -2.02. The topological polar surface area (TPSA) is 90.5 Å². The number of aromatic nitrogens is 5. The Kier molecular flexibility index (Phi) is 3.57. The number of hydrogen-bond acceptors (Lipinski definition) is 6. The maximum atomic E-state index is 5.79. The first-order chi connectivity index (χ1) is 12.1. The van der Waals surface area contributed by atoms with Crippen molar-refractivity contribution in [3.05, 3.63) is 60.0 Å². The van der Waals surface area contributed by atoms with Crippen molar-refractivity contribution in [2.45, 2.75) is 13.8 Å². The first kappa shape index (κ1) is 15.1. The number of fused-ring (bicyclic) bond motifs is 1. The third kappa shape index (κ3) is 2.78. The molecule has 3 heterocycles. The highest BCUT2D eigenvalue weighted by atomic mass is 15.2. The summed E-state index contributed by atoms with van der Waals surface area (Å²) in [6, 6.07) is 11.9. The Morgan fingerprint density at radius 1 is 0.800 bits per heavy atom. The summed E-state index contributed by atoms with van der Waals surface area (Å²) < 4.78 is 0. The molecule has 0 aliphatic rings. The van der Waals surface area contributed by atoms with Crippen LogP contribution in [-0.4, -0.2) is 25.1 Å². The van der Waals surface area contributed by atoms with Crippen molar-refractivity contribution in [3.63, 3.8) is 0 Å². The van der Waals surface area contributed by atoms with Crippen LogP contribution in [0.25, 0.3) is 33.4 Å². The maximum absolute atomic E-state index is 5.79. The molecule has 122 valence electrons. The van der Waals surface area contributed by atoms with Crippen molar-refractivity contribution in [1.82, 2.24) is 25.1 Å². The number of aryl methyl sites for hydroxylation is 2. The van der Waals surface area contributed by atoms with Crippen LogP contribution < -0.4 is 5.73 Å². The molecule has 4 rings (SSSR count). The van der Waals surface area contributed by atoms with Crippen LogP contribution >= 0.6 is 0 Å². The molecular weight excluding hydrogens is 312 g/mol. The number of anilines is 1. The van der Waals surface area contributed by atoms with Crippen molar-refractivity contribution in [1.29, 1.82) is 0 Å². The van der Waals surface area contributed by atoms with Gasteiger partial charge in [0.15, 0.2) is 0 Å². The van der Waals surface area contributed by atoms with Crippen LogP contribution in [0.3, 0.4) is 0 Å². The summed E-state index contributed by atoms with van der Waals surface area (Å²) >= 11 is 0. The fourth-order valence-electron chi connectivity index (χ4n) is 2.86. The number of rotatable bonds is 2. The Bertz CT molecular complexity index is 1090. The fraction of sp³-hybridized carbons (Fsp3) is 0.105. The smallest absolute Gasteiger partial charge is 0.240 e. The standard InChI is InChI=1S/C19H16N6/c1-11-5-7-22-16-4-3-13(10-15(11)16)18-17(23-19(20)25-24-18)14-6-8-21-12(2)9-14/h3-10H,1-2H3,(H2,20,23,25). The van der Waals surface area contributed by atoms with Crippen LogP contribution in [-0.2, 0) is 0 Å². The second kappa shape index (κ2) is 5.90. The van der Waals surface area contributed by atoms with Gasteiger partial charge >= 0.3 is 0 Å². The molecule has 25 heavy (non-hydrogen) atoms. The number of benzene rings is 1. The predicted molar refractivity (Wildman–Crippen MR) is 97.7 cm³/mol. The zero-order valence-corrected chi connectivity index (χ0v) is 13.9. The van der Waals surface area contributed by atoms with Crippen molar-refractivity contribution in [2.75, 3.05) is 5.73 Å². The molecule has 0 fully saturated rings. The lowest BCUT2D eigenvalue weighted by Gasteiger charge is -2.10. The number of nitrogen functional groups attached to an aromatic ring is 1. The summed E-state index contributed by atoms with van der Waals surface area (Å²) in [6.45, 7) is 4.00. The van der Waals surface area contributed by atoms with Gasteiger partial charge in [0.05, 0.1) is 5.52 Å². The van der Waals surface area contributed by atoms with Gasteiger partial charge in [0.25, 0.3) is 0 Å². The molecule has 0 unspecified atom stereocenters. The van der Waals surface area contributed by atoms with E-state index in [-0.39, 0.29) is 5.95 Å².